The topological polar surface area (TPSA) is 103 Å². The van der Waals surface area contributed by atoms with Gasteiger partial charge in [-0.3, -0.25) is 9.79 Å². The van der Waals surface area contributed by atoms with Crippen LogP contribution in [0.1, 0.15) is 46.4 Å². The van der Waals surface area contributed by atoms with Crippen LogP contribution < -0.4 is 10.2 Å². The van der Waals surface area contributed by atoms with Gasteiger partial charge in [0.1, 0.15) is 5.82 Å². The normalized spacial score (nSPS) is 19.1. The Bertz CT molecular complexity index is 1410. The lowest BCUT2D eigenvalue weighted by Gasteiger charge is -2.21. The summed E-state index contributed by atoms with van der Waals surface area (Å²) in [5.41, 5.74) is 6.25. The highest BCUT2D eigenvalue weighted by molar-refractivity contribution is 6.20. The number of carbonyl (C=O) groups is 1. The number of ether oxygens (including phenoxy) is 1. The molecule has 2 aromatic rings. The monoisotopic (exact) mass is 508 g/mol. The molecule has 8 nitrogen and oxygen atoms in total. The zero-order valence-electron chi connectivity index (χ0n) is 22.2. The van der Waals surface area contributed by atoms with Gasteiger partial charge in [-0.15, -0.1) is 0 Å². The number of benzene rings is 1. The van der Waals surface area contributed by atoms with Crippen LogP contribution in [-0.2, 0) is 11.3 Å². The second-order valence-corrected chi connectivity index (χ2v) is 9.22. The summed E-state index contributed by atoms with van der Waals surface area (Å²) >= 11 is 0. The lowest BCUT2D eigenvalue weighted by atomic mass is 9.92. The first kappa shape index (κ1) is 26.7. The Labute approximate surface area is 223 Å². The number of anilines is 1. The van der Waals surface area contributed by atoms with Crippen molar-refractivity contribution in [2.75, 3.05) is 39.2 Å². The van der Waals surface area contributed by atoms with E-state index in [0.29, 0.717) is 31.0 Å². The highest BCUT2D eigenvalue weighted by Gasteiger charge is 2.22. The van der Waals surface area contributed by atoms with Crippen LogP contribution in [0.3, 0.4) is 0 Å². The molecule has 0 aliphatic carbocycles. The second-order valence-electron chi connectivity index (χ2n) is 9.22. The Kier molecular flexibility index (Phi) is 8.62. The van der Waals surface area contributed by atoms with E-state index >= 15 is 0 Å². The minimum absolute atomic E-state index is 0.196. The van der Waals surface area contributed by atoms with Gasteiger partial charge in [0.15, 0.2) is 0 Å². The van der Waals surface area contributed by atoms with Gasteiger partial charge < -0.3 is 15.0 Å². The number of aromatic nitrogens is 1. The van der Waals surface area contributed by atoms with Crippen molar-refractivity contribution in [3.8, 4) is 6.07 Å². The fourth-order valence-electron chi connectivity index (χ4n) is 4.30. The SMILES string of the molecule is CC/C=C(/C=C1/N=C(c2cccc(N(C)C)n2)C=CC1=NC)CNC(=O)c1ccc2c(c1)C(C#N)COC2. The van der Waals surface area contributed by atoms with E-state index in [2.05, 4.69) is 29.4 Å². The third-order valence-corrected chi connectivity index (χ3v) is 6.32. The number of hydrogen-bond donors (Lipinski definition) is 1. The maximum absolute atomic E-state index is 13.0. The molecule has 0 radical (unpaired) electrons. The van der Waals surface area contributed by atoms with Crippen LogP contribution in [0.25, 0.3) is 0 Å². The predicted molar refractivity (Wildman–Crippen MR) is 151 cm³/mol. The average molecular weight is 509 g/mol. The minimum atomic E-state index is -0.363. The highest BCUT2D eigenvalue weighted by atomic mass is 16.5. The average Bonchev–Trinajstić information content (AvgIpc) is 2.95. The molecule has 0 fully saturated rings. The number of allylic oxidation sites excluding steroid dienone is 3. The van der Waals surface area contributed by atoms with Crippen molar-refractivity contribution in [1.29, 1.82) is 5.26 Å². The van der Waals surface area contributed by atoms with Gasteiger partial charge in [0.05, 0.1) is 48.0 Å². The first-order valence-corrected chi connectivity index (χ1v) is 12.6. The van der Waals surface area contributed by atoms with Crippen molar-refractivity contribution in [3.05, 3.63) is 94.4 Å². The van der Waals surface area contributed by atoms with Crippen LogP contribution in [0.4, 0.5) is 5.82 Å². The lowest BCUT2D eigenvalue weighted by Crippen LogP contribution is -2.26. The van der Waals surface area contributed by atoms with Crippen molar-refractivity contribution in [2.45, 2.75) is 25.9 Å². The number of hydrogen-bond acceptors (Lipinski definition) is 7. The standard InChI is InChI=1S/C30H32N6O2/c1-5-7-20(17-33-30(37)21-10-11-22-18-38-19-23(16-31)24(22)15-21)14-28-25(32-2)12-13-27(34-28)26-8-6-9-29(35-26)36(3)4/h6-15,23H,5,17-19H2,1-4H3,(H,33,37)/b20-7-,28-14+,32-25?. The molecule has 2 aliphatic heterocycles. The molecule has 1 unspecified atom stereocenters. The number of rotatable bonds is 7. The fourth-order valence-corrected chi connectivity index (χ4v) is 4.30. The van der Waals surface area contributed by atoms with Crippen molar-refractivity contribution in [2.24, 2.45) is 9.98 Å². The second kappa shape index (κ2) is 12.3. The molecule has 2 aliphatic rings. The highest BCUT2D eigenvalue weighted by Crippen LogP contribution is 2.27. The number of nitrogens with one attached hydrogen (secondary N) is 1. The maximum atomic E-state index is 13.0. The third kappa shape index (κ3) is 6.13. The molecule has 0 spiro atoms. The van der Waals surface area contributed by atoms with Crippen molar-refractivity contribution in [1.82, 2.24) is 10.3 Å². The lowest BCUT2D eigenvalue weighted by molar-refractivity contribution is 0.0952. The van der Waals surface area contributed by atoms with Gasteiger partial charge in [0, 0.05) is 33.3 Å². The van der Waals surface area contributed by atoms with E-state index in [1.165, 1.54) is 0 Å². The molecule has 1 aromatic heterocycles. The summed E-state index contributed by atoms with van der Waals surface area (Å²) in [6.45, 7) is 3.19. The molecule has 4 rings (SSSR count). The van der Waals surface area contributed by atoms with Crippen LogP contribution in [-0.4, -0.2) is 56.6 Å². The summed E-state index contributed by atoms with van der Waals surface area (Å²) in [5.74, 6) is 0.292. The number of dihydropyridines is 1. The molecule has 0 saturated heterocycles. The maximum Gasteiger partial charge on any atom is 0.251 e. The molecule has 0 bridgehead atoms. The van der Waals surface area contributed by atoms with E-state index < -0.39 is 0 Å². The molecule has 1 aromatic carbocycles. The zero-order valence-corrected chi connectivity index (χ0v) is 22.2. The van der Waals surface area contributed by atoms with Gasteiger partial charge in [-0.2, -0.15) is 5.26 Å². The summed E-state index contributed by atoms with van der Waals surface area (Å²) in [5, 5.41) is 12.5. The number of fused-ring (bicyclic) bond motifs is 1. The molecule has 1 amide bonds. The van der Waals surface area contributed by atoms with Gasteiger partial charge in [0.25, 0.3) is 5.91 Å². The number of nitriles is 1. The van der Waals surface area contributed by atoms with Gasteiger partial charge in [0.2, 0.25) is 0 Å². The molecule has 1 N–H and O–H groups in total. The fraction of sp³-hybridized carbons (Fsp3) is 0.300. The Morgan fingerprint density at radius 3 is 2.87 bits per heavy atom. The Morgan fingerprint density at radius 1 is 1.29 bits per heavy atom. The summed E-state index contributed by atoms with van der Waals surface area (Å²) < 4.78 is 5.48. The molecule has 0 saturated carbocycles. The summed E-state index contributed by atoms with van der Waals surface area (Å²) in [7, 11) is 5.64. The Balaban J connectivity index is 1.55. The largest absolute Gasteiger partial charge is 0.375 e. The Hall–Kier alpha value is -4.35. The van der Waals surface area contributed by atoms with E-state index in [1.807, 2.05) is 67.6 Å². The summed E-state index contributed by atoms with van der Waals surface area (Å²) in [4.78, 5) is 28.9. The zero-order chi connectivity index (χ0) is 27.1. The van der Waals surface area contributed by atoms with Crippen LogP contribution in [0.2, 0.25) is 0 Å². The number of carbonyl (C=O) groups excluding carboxylic acids is 1. The van der Waals surface area contributed by atoms with Crippen molar-refractivity contribution >= 4 is 23.1 Å². The van der Waals surface area contributed by atoms with Crippen LogP contribution in [0.15, 0.2) is 82.0 Å². The van der Waals surface area contributed by atoms with Gasteiger partial charge in [-0.05, 0) is 65.6 Å². The molecule has 3 heterocycles. The van der Waals surface area contributed by atoms with Gasteiger partial charge >= 0.3 is 0 Å². The first-order valence-electron chi connectivity index (χ1n) is 12.6. The van der Waals surface area contributed by atoms with Crippen LogP contribution in [0, 0.1) is 11.3 Å². The van der Waals surface area contributed by atoms with E-state index in [0.717, 1.165) is 46.1 Å². The quantitative estimate of drug-likeness (QED) is 0.598. The molecular formula is C30H32N6O2. The number of pyridine rings is 1. The number of aliphatic imine (C=N–C) groups is 2. The third-order valence-electron chi connectivity index (χ3n) is 6.32. The van der Waals surface area contributed by atoms with E-state index in [4.69, 9.17) is 14.7 Å². The van der Waals surface area contributed by atoms with Crippen LogP contribution in [0.5, 0.6) is 0 Å². The van der Waals surface area contributed by atoms with Crippen molar-refractivity contribution in [3.63, 3.8) is 0 Å². The van der Waals surface area contributed by atoms with E-state index in [9.17, 15) is 10.1 Å². The van der Waals surface area contributed by atoms with Crippen LogP contribution >= 0.6 is 0 Å². The Morgan fingerprint density at radius 2 is 2.13 bits per heavy atom. The smallest absolute Gasteiger partial charge is 0.251 e. The van der Waals surface area contributed by atoms with E-state index in [1.54, 1.807) is 13.1 Å². The molecule has 1 atom stereocenters. The first-order chi connectivity index (χ1) is 18.4. The van der Waals surface area contributed by atoms with E-state index in [-0.39, 0.29) is 11.8 Å². The van der Waals surface area contributed by atoms with Gasteiger partial charge in [-0.1, -0.05) is 25.1 Å². The minimum Gasteiger partial charge on any atom is -0.375 e. The molecule has 8 heteroatoms. The molecule has 194 valence electrons. The summed E-state index contributed by atoms with van der Waals surface area (Å²) in [6, 6.07) is 13.6. The molecule has 38 heavy (non-hydrogen) atoms. The number of nitrogens with zero attached hydrogens (tertiary/aromatic N) is 5. The number of amides is 1. The summed E-state index contributed by atoms with van der Waals surface area (Å²) in [6.07, 6.45) is 8.68. The van der Waals surface area contributed by atoms with Crippen molar-refractivity contribution < 1.29 is 9.53 Å². The van der Waals surface area contributed by atoms with Gasteiger partial charge in [-0.25, -0.2) is 9.98 Å². The predicted octanol–water partition coefficient (Wildman–Crippen LogP) is 4.36. The molecular weight excluding hydrogens is 476 g/mol.